The number of nitrogens with zero attached hydrogens (tertiary/aromatic N) is 1. The molecule has 0 saturated heterocycles. The molecule has 0 radical (unpaired) electrons. The van der Waals surface area contributed by atoms with E-state index in [4.69, 9.17) is 13.9 Å². The molecule has 2 rings (SSSR count). The second-order valence-electron chi connectivity index (χ2n) is 5.16. The zero-order chi connectivity index (χ0) is 18.8. The molecule has 8 nitrogen and oxygen atoms in total. The number of hydrogen-bond donors (Lipinski definition) is 3. The van der Waals surface area contributed by atoms with Crippen molar-refractivity contribution in [1.29, 1.82) is 0 Å². The van der Waals surface area contributed by atoms with Crippen LogP contribution in [0.2, 0.25) is 0 Å². The van der Waals surface area contributed by atoms with Gasteiger partial charge in [0.15, 0.2) is 23.2 Å². The van der Waals surface area contributed by atoms with Gasteiger partial charge >= 0.3 is 0 Å². The molecular weight excluding hydrogens is 336 g/mol. The van der Waals surface area contributed by atoms with Crippen molar-refractivity contribution in [1.82, 2.24) is 10.6 Å². The van der Waals surface area contributed by atoms with Crippen molar-refractivity contribution < 1.29 is 18.7 Å². The molecule has 0 atom stereocenters. The van der Waals surface area contributed by atoms with Gasteiger partial charge < -0.3 is 29.8 Å². The van der Waals surface area contributed by atoms with Gasteiger partial charge in [-0.3, -0.25) is 9.79 Å². The van der Waals surface area contributed by atoms with E-state index in [0.29, 0.717) is 37.2 Å². The van der Waals surface area contributed by atoms with Crippen LogP contribution in [-0.4, -0.2) is 45.7 Å². The lowest BCUT2D eigenvalue weighted by Crippen LogP contribution is -2.37. The third kappa shape index (κ3) is 5.44. The van der Waals surface area contributed by atoms with E-state index in [1.54, 1.807) is 26.3 Å². The smallest absolute Gasteiger partial charge is 0.287 e. The molecule has 1 heterocycles. The van der Waals surface area contributed by atoms with Crippen molar-refractivity contribution in [2.24, 2.45) is 4.99 Å². The largest absolute Gasteiger partial charge is 0.493 e. The predicted molar refractivity (Wildman–Crippen MR) is 100 cm³/mol. The van der Waals surface area contributed by atoms with Crippen molar-refractivity contribution in [2.75, 3.05) is 39.2 Å². The van der Waals surface area contributed by atoms with Gasteiger partial charge in [0.2, 0.25) is 0 Å². The Kier molecular flexibility index (Phi) is 7.35. The normalized spacial score (nSPS) is 11.0. The maximum Gasteiger partial charge on any atom is 0.287 e. The zero-order valence-electron chi connectivity index (χ0n) is 15.2. The second kappa shape index (κ2) is 9.97. The summed E-state index contributed by atoms with van der Waals surface area (Å²) in [6.45, 7) is 3.38. The molecule has 140 valence electrons. The third-order valence-electron chi connectivity index (χ3n) is 3.40. The average molecular weight is 360 g/mol. The summed E-state index contributed by atoms with van der Waals surface area (Å²) in [5, 5.41) is 9.04. The van der Waals surface area contributed by atoms with Crippen molar-refractivity contribution >= 4 is 17.6 Å². The van der Waals surface area contributed by atoms with Crippen LogP contribution in [0.1, 0.15) is 17.5 Å². The Morgan fingerprint density at radius 3 is 2.65 bits per heavy atom. The molecule has 0 aliphatic heterocycles. The number of anilines is 1. The highest BCUT2D eigenvalue weighted by Crippen LogP contribution is 2.30. The van der Waals surface area contributed by atoms with Crippen molar-refractivity contribution in [2.45, 2.75) is 6.92 Å². The monoisotopic (exact) mass is 360 g/mol. The first-order valence-corrected chi connectivity index (χ1v) is 8.28. The molecule has 26 heavy (non-hydrogen) atoms. The van der Waals surface area contributed by atoms with Crippen LogP contribution in [0.4, 0.5) is 5.69 Å². The quantitative estimate of drug-likeness (QED) is 0.379. The Balaban J connectivity index is 1.83. The minimum Gasteiger partial charge on any atom is -0.493 e. The lowest BCUT2D eigenvalue weighted by Gasteiger charge is -2.14. The summed E-state index contributed by atoms with van der Waals surface area (Å²) in [5.74, 6) is 1.93. The number of benzene rings is 1. The summed E-state index contributed by atoms with van der Waals surface area (Å²) in [5.41, 5.74) is 0.807. The van der Waals surface area contributed by atoms with E-state index in [1.165, 1.54) is 6.26 Å². The Bertz CT molecular complexity index is 729. The zero-order valence-corrected chi connectivity index (χ0v) is 15.2. The molecule has 0 aliphatic rings. The second-order valence-corrected chi connectivity index (χ2v) is 5.16. The molecule has 0 unspecified atom stereocenters. The van der Waals surface area contributed by atoms with Crippen LogP contribution < -0.4 is 25.4 Å². The summed E-state index contributed by atoms with van der Waals surface area (Å²) in [7, 11) is 3.27. The van der Waals surface area contributed by atoms with E-state index in [1.807, 2.05) is 25.1 Å². The molecule has 1 aromatic heterocycles. The standard InChI is InChI=1S/C18H24N4O4/c1-4-25-16-12-13(7-8-14(16)24-3)22-18(19-2)21-10-9-20-17(23)15-6-5-11-26-15/h5-8,11-12H,4,9-10H2,1-3H3,(H,20,23)(H2,19,21,22). The number of guanidine groups is 1. The number of rotatable bonds is 8. The number of carbonyl (C=O) groups excluding carboxylic acids is 1. The molecule has 0 aliphatic carbocycles. The van der Waals surface area contributed by atoms with Crippen molar-refractivity contribution in [3.63, 3.8) is 0 Å². The van der Waals surface area contributed by atoms with E-state index in [9.17, 15) is 4.79 Å². The van der Waals surface area contributed by atoms with Crippen molar-refractivity contribution in [3.05, 3.63) is 42.4 Å². The minimum absolute atomic E-state index is 0.253. The van der Waals surface area contributed by atoms with Gasteiger partial charge in [0, 0.05) is 31.9 Å². The van der Waals surface area contributed by atoms with E-state index in [0.717, 1.165) is 5.69 Å². The summed E-state index contributed by atoms with van der Waals surface area (Å²) in [4.78, 5) is 15.9. The maximum absolute atomic E-state index is 11.8. The summed E-state index contributed by atoms with van der Waals surface area (Å²) in [6, 6.07) is 8.82. The van der Waals surface area contributed by atoms with Crippen LogP contribution in [-0.2, 0) is 0 Å². The lowest BCUT2D eigenvalue weighted by molar-refractivity contribution is 0.0926. The minimum atomic E-state index is -0.253. The number of hydrogen-bond acceptors (Lipinski definition) is 5. The molecule has 1 aromatic carbocycles. The van der Waals surface area contributed by atoms with Crippen LogP contribution in [0.25, 0.3) is 0 Å². The van der Waals surface area contributed by atoms with Crippen LogP contribution >= 0.6 is 0 Å². The Hall–Kier alpha value is -3.16. The van der Waals surface area contributed by atoms with Gasteiger partial charge in [-0.15, -0.1) is 0 Å². The first-order chi connectivity index (χ1) is 12.7. The van der Waals surface area contributed by atoms with Crippen molar-refractivity contribution in [3.8, 4) is 11.5 Å². The molecule has 3 N–H and O–H groups in total. The number of nitrogens with one attached hydrogen (secondary N) is 3. The van der Waals surface area contributed by atoms with E-state index >= 15 is 0 Å². The summed E-state index contributed by atoms with van der Waals surface area (Å²) in [6.07, 6.45) is 1.46. The number of aliphatic imine (C=N–C) groups is 1. The predicted octanol–water partition coefficient (Wildman–Crippen LogP) is 2.10. The molecule has 8 heteroatoms. The highest BCUT2D eigenvalue weighted by atomic mass is 16.5. The Morgan fingerprint density at radius 2 is 2.00 bits per heavy atom. The van der Waals surface area contributed by atoms with Gasteiger partial charge in [-0.1, -0.05) is 0 Å². The van der Waals surface area contributed by atoms with Gasteiger partial charge in [0.1, 0.15) is 0 Å². The van der Waals surface area contributed by atoms with Gasteiger partial charge in [-0.2, -0.15) is 0 Å². The fourth-order valence-corrected chi connectivity index (χ4v) is 2.19. The molecule has 0 spiro atoms. The summed E-state index contributed by atoms with van der Waals surface area (Å²) >= 11 is 0. The Labute approximate surface area is 152 Å². The first-order valence-electron chi connectivity index (χ1n) is 8.28. The topological polar surface area (TPSA) is 97.1 Å². The van der Waals surface area contributed by atoms with Gasteiger partial charge in [0.25, 0.3) is 5.91 Å². The van der Waals surface area contributed by atoms with Gasteiger partial charge in [-0.25, -0.2) is 0 Å². The van der Waals surface area contributed by atoms with Gasteiger partial charge in [-0.05, 0) is 31.2 Å². The van der Waals surface area contributed by atoms with Crippen LogP contribution in [0.5, 0.6) is 11.5 Å². The average Bonchev–Trinajstić information content (AvgIpc) is 3.19. The Morgan fingerprint density at radius 1 is 1.19 bits per heavy atom. The lowest BCUT2D eigenvalue weighted by atomic mass is 10.2. The molecule has 0 fully saturated rings. The van der Waals surface area contributed by atoms with Gasteiger partial charge in [0.05, 0.1) is 20.0 Å². The maximum atomic E-state index is 11.8. The summed E-state index contributed by atoms with van der Waals surface area (Å²) < 4.78 is 15.9. The fourth-order valence-electron chi connectivity index (χ4n) is 2.19. The van der Waals surface area contributed by atoms with Crippen LogP contribution in [0.3, 0.4) is 0 Å². The molecule has 0 bridgehead atoms. The SMILES string of the molecule is CCOc1cc(NC(=NC)NCCNC(=O)c2ccco2)ccc1OC. The van der Waals surface area contributed by atoms with Crippen LogP contribution in [0.15, 0.2) is 46.0 Å². The molecule has 1 amide bonds. The highest BCUT2D eigenvalue weighted by molar-refractivity contribution is 5.94. The van der Waals surface area contributed by atoms with E-state index < -0.39 is 0 Å². The number of ether oxygens (including phenoxy) is 2. The third-order valence-corrected chi connectivity index (χ3v) is 3.40. The number of carbonyl (C=O) groups is 1. The number of furan rings is 1. The first kappa shape index (κ1) is 19.2. The fraction of sp³-hybridized carbons (Fsp3) is 0.333. The molecule has 2 aromatic rings. The molecule has 0 saturated carbocycles. The number of amides is 1. The van der Waals surface area contributed by atoms with E-state index in [-0.39, 0.29) is 11.7 Å². The van der Waals surface area contributed by atoms with E-state index in [2.05, 4.69) is 20.9 Å². The number of methoxy groups -OCH3 is 1. The highest BCUT2D eigenvalue weighted by Gasteiger charge is 2.08. The van der Waals surface area contributed by atoms with Crippen LogP contribution in [0, 0.1) is 0 Å². The molecular formula is C18H24N4O4.